The molecule has 6 atom stereocenters. The summed E-state index contributed by atoms with van der Waals surface area (Å²) >= 11 is 0. The average Bonchev–Trinajstić information content (AvgIpc) is 3.70. The maximum Gasteiger partial charge on any atom is 0.407 e. The molecule has 3 aliphatic rings. The van der Waals surface area contributed by atoms with Crippen molar-refractivity contribution in [3.8, 4) is 0 Å². The summed E-state index contributed by atoms with van der Waals surface area (Å²) in [5.74, 6) is -1.24. The van der Waals surface area contributed by atoms with Crippen molar-refractivity contribution in [2.45, 2.75) is 36.8 Å². The van der Waals surface area contributed by atoms with Crippen LogP contribution in [-0.4, -0.2) is 53.1 Å². The van der Waals surface area contributed by atoms with Crippen LogP contribution in [0.2, 0.25) is 0 Å². The predicted molar refractivity (Wildman–Crippen MR) is 118 cm³/mol. The molecule has 3 N–H and O–H groups in total. The molecule has 2 saturated carbocycles. The van der Waals surface area contributed by atoms with Crippen LogP contribution >= 0.6 is 0 Å². The molecule has 2 aromatic rings. The molecule has 2 aliphatic carbocycles. The van der Waals surface area contributed by atoms with Crippen molar-refractivity contribution in [2.75, 3.05) is 13.1 Å². The van der Waals surface area contributed by atoms with Gasteiger partial charge in [-0.05, 0) is 24.0 Å². The molecular weight excluding hydrogens is 406 g/mol. The first kappa shape index (κ1) is 20.5. The molecule has 166 valence electrons. The Bertz CT molecular complexity index is 937. The Labute approximate surface area is 186 Å². The van der Waals surface area contributed by atoms with Gasteiger partial charge >= 0.3 is 6.09 Å². The fourth-order valence-electron chi connectivity index (χ4n) is 4.92. The largest absolute Gasteiger partial charge is 0.465 e. The van der Waals surface area contributed by atoms with Crippen LogP contribution < -0.4 is 10.6 Å². The molecule has 6 unspecified atom stereocenters. The van der Waals surface area contributed by atoms with Gasteiger partial charge in [0.2, 0.25) is 11.8 Å². The van der Waals surface area contributed by atoms with Crippen molar-refractivity contribution in [1.82, 2.24) is 15.5 Å². The van der Waals surface area contributed by atoms with Gasteiger partial charge in [-0.15, -0.1) is 0 Å². The van der Waals surface area contributed by atoms with Crippen LogP contribution in [-0.2, 0) is 9.59 Å². The van der Waals surface area contributed by atoms with Crippen molar-refractivity contribution in [2.24, 2.45) is 11.8 Å². The Hall–Kier alpha value is -3.35. The van der Waals surface area contributed by atoms with Crippen LogP contribution in [0.15, 0.2) is 60.7 Å². The maximum absolute atomic E-state index is 13.0. The van der Waals surface area contributed by atoms with Gasteiger partial charge in [-0.3, -0.25) is 9.59 Å². The average molecular weight is 434 g/mol. The Balaban J connectivity index is 1.21. The standard InChI is InChI=1S/C25H27N3O4/c29-23(26-21-11-17(21)15-7-3-1-4-8-15)19-13-28(25(31)32)14-20(19)24(30)27-22-12-18(22)16-9-5-2-6-10-16/h1-10,17-22H,11-14H2,(H,26,29)(H,27,30)(H,31,32). The number of nitrogens with zero attached hydrogens (tertiary/aromatic N) is 1. The van der Waals surface area contributed by atoms with Gasteiger partial charge in [0.25, 0.3) is 0 Å². The fourth-order valence-corrected chi connectivity index (χ4v) is 4.92. The van der Waals surface area contributed by atoms with Crippen molar-refractivity contribution < 1.29 is 19.5 Å². The maximum atomic E-state index is 13.0. The van der Waals surface area contributed by atoms with E-state index in [0.717, 1.165) is 12.8 Å². The number of likely N-dealkylation sites (tertiary alicyclic amines) is 1. The van der Waals surface area contributed by atoms with E-state index in [0.29, 0.717) is 0 Å². The number of hydrogen-bond acceptors (Lipinski definition) is 3. The smallest absolute Gasteiger partial charge is 0.407 e. The third-order valence-corrected chi connectivity index (χ3v) is 6.96. The second-order valence-electron chi connectivity index (χ2n) is 9.14. The van der Waals surface area contributed by atoms with Crippen molar-refractivity contribution in [3.63, 3.8) is 0 Å². The minimum atomic E-state index is -1.10. The monoisotopic (exact) mass is 433 g/mol. The van der Waals surface area contributed by atoms with Gasteiger partial charge in [0, 0.05) is 37.0 Å². The van der Waals surface area contributed by atoms with E-state index in [2.05, 4.69) is 10.6 Å². The van der Waals surface area contributed by atoms with E-state index >= 15 is 0 Å². The topological polar surface area (TPSA) is 98.7 Å². The lowest BCUT2D eigenvalue weighted by Crippen LogP contribution is -2.43. The van der Waals surface area contributed by atoms with E-state index in [9.17, 15) is 19.5 Å². The van der Waals surface area contributed by atoms with E-state index in [-0.39, 0.29) is 48.8 Å². The Kier molecular flexibility index (Phi) is 5.33. The van der Waals surface area contributed by atoms with Gasteiger partial charge < -0.3 is 20.6 Å². The first-order chi connectivity index (χ1) is 15.5. The SMILES string of the molecule is O=C(NC1CC1c1ccccc1)C1CN(C(=O)O)CC1C(=O)NC1CC1c1ccccc1. The number of hydrogen-bond donors (Lipinski definition) is 3. The minimum absolute atomic E-state index is 0.0402. The lowest BCUT2D eigenvalue weighted by molar-refractivity contribution is -0.133. The molecule has 32 heavy (non-hydrogen) atoms. The van der Waals surface area contributed by atoms with E-state index < -0.39 is 17.9 Å². The van der Waals surface area contributed by atoms with Crippen molar-refractivity contribution in [3.05, 3.63) is 71.8 Å². The number of carboxylic acid groups (broad SMARTS) is 1. The highest BCUT2D eigenvalue weighted by atomic mass is 16.4. The summed E-state index contributed by atoms with van der Waals surface area (Å²) in [4.78, 5) is 38.8. The number of rotatable bonds is 6. The predicted octanol–water partition coefficient (Wildman–Crippen LogP) is 2.56. The molecule has 3 amide bonds. The van der Waals surface area contributed by atoms with Gasteiger partial charge in [-0.2, -0.15) is 0 Å². The summed E-state index contributed by atoms with van der Waals surface area (Å²) in [6.45, 7) is 0.101. The molecular formula is C25H27N3O4. The molecule has 7 heteroatoms. The molecule has 0 spiro atoms. The zero-order valence-electron chi connectivity index (χ0n) is 17.7. The van der Waals surface area contributed by atoms with Gasteiger partial charge in [0.05, 0.1) is 11.8 Å². The van der Waals surface area contributed by atoms with Crippen LogP contribution in [0, 0.1) is 11.8 Å². The molecule has 5 rings (SSSR count). The lowest BCUT2D eigenvalue weighted by atomic mass is 9.94. The Morgan fingerprint density at radius 3 is 1.50 bits per heavy atom. The minimum Gasteiger partial charge on any atom is -0.465 e. The van der Waals surface area contributed by atoms with Crippen molar-refractivity contribution >= 4 is 17.9 Å². The van der Waals surface area contributed by atoms with Crippen LogP contribution in [0.25, 0.3) is 0 Å². The zero-order valence-corrected chi connectivity index (χ0v) is 17.7. The second-order valence-corrected chi connectivity index (χ2v) is 9.14. The molecule has 1 aliphatic heterocycles. The van der Waals surface area contributed by atoms with Crippen LogP contribution in [0.5, 0.6) is 0 Å². The van der Waals surface area contributed by atoms with Crippen LogP contribution in [0.1, 0.15) is 35.8 Å². The highest BCUT2D eigenvalue weighted by Crippen LogP contribution is 2.42. The summed E-state index contributed by atoms with van der Waals surface area (Å²) in [5, 5.41) is 15.6. The number of carbonyl (C=O) groups is 3. The van der Waals surface area contributed by atoms with E-state index in [1.165, 1.54) is 16.0 Å². The van der Waals surface area contributed by atoms with E-state index in [1.54, 1.807) is 0 Å². The normalized spacial score (nSPS) is 30.4. The number of benzene rings is 2. The Morgan fingerprint density at radius 1 is 0.719 bits per heavy atom. The van der Waals surface area contributed by atoms with Crippen molar-refractivity contribution in [1.29, 1.82) is 0 Å². The summed E-state index contributed by atoms with van der Waals surface area (Å²) in [6.07, 6.45) is 0.631. The van der Waals surface area contributed by atoms with Crippen LogP contribution in [0.3, 0.4) is 0 Å². The summed E-state index contributed by atoms with van der Waals surface area (Å²) in [6, 6.07) is 20.1. The molecule has 1 saturated heterocycles. The van der Waals surface area contributed by atoms with E-state index in [1.807, 2.05) is 60.7 Å². The molecule has 1 heterocycles. The lowest BCUT2D eigenvalue weighted by Gasteiger charge is -2.18. The van der Waals surface area contributed by atoms with Gasteiger partial charge in [-0.25, -0.2) is 4.79 Å². The first-order valence-corrected chi connectivity index (χ1v) is 11.2. The van der Waals surface area contributed by atoms with Crippen LogP contribution in [0.4, 0.5) is 4.79 Å². The van der Waals surface area contributed by atoms with Gasteiger partial charge in [0.15, 0.2) is 0 Å². The summed E-state index contributed by atoms with van der Waals surface area (Å²) in [5.41, 5.74) is 2.37. The molecule has 7 nitrogen and oxygen atoms in total. The molecule has 2 aromatic carbocycles. The molecule has 0 radical (unpaired) electrons. The highest BCUT2D eigenvalue weighted by molar-refractivity contribution is 5.90. The molecule has 0 aromatic heterocycles. The second kappa shape index (κ2) is 8.30. The number of amides is 3. The third-order valence-electron chi connectivity index (χ3n) is 6.96. The third kappa shape index (κ3) is 4.20. The molecule has 0 bridgehead atoms. The first-order valence-electron chi connectivity index (χ1n) is 11.2. The fraction of sp³-hybridized carbons (Fsp3) is 0.400. The quantitative estimate of drug-likeness (QED) is 0.652. The van der Waals surface area contributed by atoms with Gasteiger partial charge in [-0.1, -0.05) is 60.7 Å². The summed E-state index contributed by atoms with van der Waals surface area (Å²) in [7, 11) is 0. The highest BCUT2D eigenvalue weighted by Gasteiger charge is 2.48. The zero-order chi connectivity index (χ0) is 22.2. The number of nitrogens with one attached hydrogen (secondary N) is 2. The van der Waals surface area contributed by atoms with E-state index in [4.69, 9.17) is 0 Å². The number of carbonyl (C=O) groups excluding carboxylic acids is 2. The summed E-state index contributed by atoms with van der Waals surface area (Å²) < 4.78 is 0. The van der Waals surface area contributed by atoms with Gasteiger partial charge in [0.1, 0.15) is 0 Å². The Morgan fingerprint density at radius 2 is 1.12 bits per heavy atom. The molecule has 3 fully saturated rings.